The number of nitrogens with zero attached hydrogens (tertiary/aromatic N) is 1. The summed E-state index contributed by atoms with van der Waals surface area (Å²) < 4.78 is 5.29. The van der Waals surface area contributed by atoms with Gasteiger partial charge in [-0.3, -0.25) is 4.90 Å². The highest BCUT2D eigenvalue weighted by Crippen LogP contribution is 2.13. The SMILES string of the molecule is OC(CSCc1ccccc1)CN1CCOCC1. The second kappa shape index (κ2) is 7.79. The van der Waals surface area contributed by atoms with E-state index in [1.807, 2.05) is 6.07 Å². The number of morpholine rings is 1. The fourth-order valence-corrected chi connectivity index (χ4v) is 2.95. The number of benzene rings is 1. The van der Waals surface area contributed by atoms with Gasteiger partial charge in [-0.15, -0.1) is 0 Å². The molecule has 0 aliphatic carbocycles. The molecule has 1 saturated heterocycles. The highest BCUT2D eigenvalue weighted by Gasteiger charge is 2.14. The smallest absolute Gasteiger partial charge is 0.0757 e. The first kappa shape index (κ1) is 13.9. The summed E-state index contributed by atoms with van der Waals surface area (Å²) in [6, 6.07) is 10.4. The highest BCUT2D eigenvalue weighted by atomic mass is 32.2. The summed E-state index contributed by atoms with van der Waals surface area (Å²) in [5.41, 5.74) is 1.32. The van der Waals surface area contributed by atoms with Gasteiger partial charge in [-0.1, -0.05) is 30.3 Å². The van der Waals surface area contributed by atoms with E-state index in [1.165, 1.54) is 5.56 Å². The van der Waals surface area contributed by atoms with Crippen LogP contribution in [0, 0.1) is 0 Å². The number of hydrogen-bond donors (Lipinski definition) is 1. The topological polar surface area (TPSA) is 32.7 Å². The van der Waals surface area contributed by atoms with E-state index in [4.69, 9.17) is 4.74 Å². The van der Waals surface area contributed by atoms with Gasteiger partial charge in [-0.05, 0) is 5.56 Å². The van der Waals surface area contributed by atoms with Crippen molar-refractivity contribution >= 4 is 11.8 Å². The van der Waals surface area contributed by atoms with Crippen molar-refractivity contribution in [3.63, 3.8) is 0 Å². The van der Waals surface area contributed by atoms with E-state index in [-0.39, 0.29) is 6.10 Å². The molecule has 0 bridgehead atoms. The molecule has 1 atom stereocenters. The summed E-state index contributed by atoms with van der Waals surface area (Å²) in [5, 5.41) is 9.98. The Hall–Kier alpha value is -0.550. The minimum atomic E-state index is -0.239. The van der Waals surface area contributed by atoms with Crippen molar-refractivity contribution in [3.05, 3.63) is 35.9 Å². The summed E-state index contributed by atoms with van der Waals surface area (Å²) in [6.07, 6.45) is -0.239. The van der Waals surface area contributed by atoms with Crippen molar-refractivity contribution in [3.8, 4) is 0 Å². The number of ether oxygens (including phenoxy) is 1. The van der Waals surface area contributed by atoms with Gasteiger partial charge in [0.2, 0.25) is 0 Å². The monoisotopic (exact) mass is 267 g/mol. The lowest BCUT2D eigenvalue weighted by Gasteiger charge is -2.28. The minimum absolute atomic E-state index is 0.239. The maximum absolute atomic E-state index is 9.98. The van der Waals surface area contributed by atoms with Crippen LogP contribution in [0.15, 0.2) is 30.3 Å². The zero-order chi connectivity index (χ0) is 12.6. The summed E-state index contributed by atoms with van der Waals surface area (Å²) in [5.74, 6) is 1.77. The molecule has 1 unspecified atom stereocenters. The molecule has 1 aliphatic heterocycles. The molecule has 0 saturated carbocycles. The van der Waals surface area contributed by atoms with Crippen molar-refractivity contribution in [2.75, 3.05) is 38.6 Å². The third kappa shape index (κ3) is 4.98. The molecule has 0 radical (unpaired) electrons. The van der Waals surface area contributed by atoms with E-state index >= 15 is 0 Å². The van der Waals surface area contributed by atoms with Crippen molar-refractivity contribution in [1.29, 1.82) is 0 Å². The van der Waals surface area contributed by atoms with Gasteiger partial charge in [0.1, 0.15) is 0 Å². The minimum Gasteiger partial charge on any atom is -0.391 e. The van der Waals surface area contributed by atoms with Gasteiger partial charge in [-0.2, -0.15) is 11.8 Å². The van der Waals surface area contributed by atoms with Crippen LogP contribution in [-0.4, -0.2) is 54.7 Å². The molecule has 2 rings (SSSR count). The Morgan fingerprint density at radius 1 is 1.22 bits per heavy atom. The van der Waals surface area contributed by atoms with Crippen LogP contribution in [0.25, 0.3) is 0 Å². The third-order valence-corrected chi connectivity index (χ3v) is 4.15. The Balaban J connectivity index is 1.61. The first-order valence-electron chi connectivity index (χ1n) is 6.44. The molecule has 4 heteroatoms. The zero-order valence-corrected chi connectivity index (χ0v) is 11.4. The summed E-state index contributed by atoms with van der Waals surface area (Å²) in [4.78, 5) is 2.28. The van der Waals surface area contributed by atoms with Gasteiger partial charge in [0.05, 0.1) is 19.3 Å². The molecule has 0 aromatic heterocycles. The number of β-amino-alcohol motifs (C(OH)–C–C–N with tert-alkyl or cyclic N) is 1. The van der Waals surface area contributed by atoms with Crippen LogP contribution in [0.3, 0.4) is 0 Å². The van der Waals surface area contributed by atoms with Crippen LogP contribution in [0.1, 0.15) is 5.56 Å². The predicted octanol–water partition coefficient (Wildman–Crippen LogP) is 1.61. The lowest BCUT2D eigenvalue weighted by atomic mass is 10.2. The van der Waals surface area contributed by atoms with E-state index in [1.54, 1.807) is 11.8 Å². The lowest BCUT2D eigenvalue weighted by molar-refractivity contribution is 0.0188. The number of hydrogen-bond acceptors (Lipinski definition) is 4. The van der Waals surface area contributed by atoms with Crippen LogP contribution >= 0.6 is 11.8 Å². The normalized spacial score (nSPS) is 18.7. The Labute approximate surface area is 113 Å². The number of thioether (sulfide) groups is 1. The first-order chi connectivity index (χ1) is 8.84. The number of aliphatic hydroxyl groups excluding tert-OH is 1. The Morgan fingerprint density at radius 2 is 1.94 bits per heavy atom. The Kier molecular flexibility index (Phi) is 6.00. The quantitative estimate of drug-likeness (QED) is 0.849. The van der Waals surface area contributed by atoms with E-state index in [9.17, 15) is 5.11 Å². The maximum atomic E-state index is 9.98. The zero-order valence-electron chi connectivity index (χ0n) is 10.6. The predicted molar refractivity (Wildman–Crippen MR) is 75.9 cm³/mol. The molecule has 100 valence electrons. The van der Waals surface area contributed by atoms with E-state index in [0.29, 0.717) is 0 Å². The van der Waals surface area contributed by atoms with Crippen molar-refractivity contribution in [1.82, 2.24) is 4.90 Å². The summed E-state index contributed by atoms with van der Waals surface area (Å²) >= 11 is 1.80. The van der Waals surface area contributed by atoms with Gasteiger partial charge in [0, 0.05) is 31.1 Å². The van der Waals surface area contributed by atoms with Crippen molar-refractivity contribution < 1.29 is 9.84 Å². The molecule has 1 N–H and O–H groups in total. The van der Waals surface area contributed by atoms with Gasteiger partial charge >= 0.3 is 0 Å². The van der Waals surface area contributed by atoms with Crippen LogP contribution in [0.2, 0.25) is 0 Å². The third-order valence-electron chi connectivity index (χ3n) is 2.99. The lowest BCUT2D eigenvalue weighted by Crippen LogP contribution is -2.41. The van der Waals surface area contributed by atoms with Crippen LogP contribution in [0.5, 0.6) is 0 Å². The molecular weight excluding hydrogens is 246 g/mol. The van der Waals surface area contributed by atoms with Crippen molar-refractivity contribution in [2.24, 2.45) is 0 Å². The molecule has 18 heavy (non-hydrogen) atoms. The maximum Gasteiger partial charge on any atom is 0.0757 e. The molecule has 1 heterocycles. The molecule has 1 aliphatic rings. The Morgan fingerprint density at radius 3 is 2.67 bits per heavy atom. The van der Waals surface area contributed by atoms with Crippen molar-refractivity contribution in [2.45, 2.75) is 11.9 Å². The van der Waals surface area contributed by atoms with Crippen LogP contribution in [0.4, 0.5) is 0 Å². The van der Waals surface area contributed by atoms with Crippen LogP contribution < -0.4 is 0 Å². The number of rotatable bonds is 6. The van der Waals surface area contributed by atoms with Crippen LogP contribution in [-0.2, 0) is 10.5 Å². The fourth-order valence-electron chi connectivity index (χ4n) is 2.02. The molecule has 1 fully saturated rings. The molecule has 1 aromatic rings. The second-order valence-corrected chi connectivity index (χ2v) is 5.60. The van der Waals surface area contributed by atoms with Gasteiger partial charge < -0.3 is 9.84 Å². The Bertz CT molecular complexity index is 328. The molecule has 0 amide bonds. The van der Waals surface area contributed by atoms with Gasteiger partial charge in [-0.25, -0.2) is 0 Å². The average Bonchev–Trinajstić information content (AvgIpc) is 2.41. The summed E-state index contributed by atoms with van der Waals surface area (Å²) in [7, 11) is 0. The van der Waals surface area contributed by atoms with E-state index in [0.717, 1.165) is 44.4 Å². The highest BCUT2D eigenvalue weighted by molar-refractivity contribution is 7.98. The largest absolute Gasteiger partial charge is 0.391 e. The second-order valence-electron chi connectivity index (χ2n) is 4.57. The van der Waals surface area contributed by atoms with Gasteiger partial charge in [0.25, 0.3) is 0 Å². The van der Waals surface area contributed by atoms with E-state index in [2.05, 4.69) is 29.2 Å². The molecule has 1 aromatic carbocycles. The summed E-state index contributed by atoms with van der Waals surface area (Å²) in [6.45, 7) is 4.25. The number of aliphatic hydroxyl groups is 1. The fraction of sp³-hybridized carbons (Fsp3) is 0.571. The standard InChI is InChI=1S/C14H21NO2S/c16-14(10-15-6-8-17-9-7-15)12-18-11-13-4-2-1-3-5-13/h1-5,14,16H,6-12H2. The van der Waals surface area contributed by atoms with Gasteiger partial charge in [0.15, 0.2) is 0 Å². The molecule has 3 nitrogen and oxygen atoms in total. The first-order valence-corrected chi connectivity index (χ1v) is 7.60. The average molecular weight is 267 g/mol. The van der Waals surface area contributed by atoms with E-state index < -0.39 is 0 Å². The molecular formula is C14H21NO2S. The molecule has 0 spiro atoms.